The monoisotopic (exact) mass is 285 g/mol. The molecule has 0 radical (unpaired) electrons. The van der Waals surface area contributed by atoms with E-state index in [0.717, 1.165) is 16.5 Å². The van der Waals surface area contributed by atoms with Crippen LogP contribution in [0.15, 0.2) is 28.7 Å². The zero-order chi connectivity index (χ0) is 11.8. The van der Waals surface area contributed by atoms with Crippen molar-refractivity contribution < 1.29 is 9.53 Å². The van der Waals surface area contributed by atoms with Gasteiger partial charge in [-0.1, -0.05) is 28.1 Å². The molecule has 88 valence electrons. The molecule has 1 amide bonds. The summed E-state index contributed by atoms with van der Waals surface area (Å²) in [5.41, 5.74) is 1.02. The summed E-state index contributed by atoms with van der Waals surface area (Å²) in [5, 5.41) is 2.85. The molecule has 16 heavy (non-hydrogen) atoms. The lowest BCUT2D eigenvalue weighted by Crippen LogP contribution is -2.26. The minimum absolute atomic E-state index is 0.0541. The number of halogens is 1. The number of benzene rings is 1. The van der Waals surface area contributed by atoms with Crippen LogP contribution in [0.25, 0.3) is 0 Å². The molecule has 0 aliphatic heterocycles. The number of rotatable bonds is 6. The molecule has 1 N–H and O–H groups in total. The second-order valence-electron chi connectivity index (χ2n) is 3.50. The number of ether oxygens (including phenoxy) is 1. The molecule has 0 atom stereocenters. The van der Waals surface area contributed by atoms with Crippen LogP contribution in [0.4, 0.5) is 0 Å². The third-order valence-corrected chi connectivity index (χ3v) is 2.65. The molecular weight excluding hydrogens is 270 g/mol. The van der Waals surface area contributed by atoms with Crippen LogP contribution in [0.2, 0.25) is 0 Å². The van der Waals surface area contributed by atoms with Crippen molar-refractivity contribution in [2.24, 2.45) is 0 Å². The number of hydrogen-bond acceptors (Lipinski definition) is 2. The molecule has 1 rings (SSSR count). The van der Waals surface area contributed by atoms with Gasteiger partial charge in [-0.05, 0) is 24.1 Å². The van der Waals surface area contributed by atoms with E-state index in [9.17, 15) is 4.79 Å². The Bertz CT molecular complexity index is 324. The fraction of sp³-hybridized carbons (Fsp3) is 0.417. The van der Waals surface area contributed by atoms with Crippen LogP contribution in [0.5, 0.6) is 0 Å². The second-order valence-corrected chi connectivity index (χ2v) is 4.42. The zero-order valence-electron chi connectivity index (χ0n) is 9.33. The van der Waals surface area contributed by atoms with Crippen molar-refractivity contribution in [1.29, 1.82) is 0 Å². The van der Waals surface area contributed by atoms with Crippen LogP contribution in [0.1, 0.15) is 12.0 Å². The molecule has 0 aliphatic rings. The molecule has 1 aromatic rings. The number of methoxy groups -OCH3 is 1. The van der Waals surface area contributed by atoms with Gasteiger partial charge in [-0.2, -0.15) is 0 Å². The van der Waals surface area contributed by atoms with E-state index >= 15 is 0 Å². The largest absolute Gasteiger partial charge is 0.385 e. The number of carbonyl (C=O) groups is 1. The van der Waals surface area contributed by atoms with Gasteiger partial charge in [-0.3, -0.25) is 4.79 Å². The van der Waals surface area contributed by atoms with Crippen molar-refractivity contribution in [1.82, 2.24) is 5.32 Å². The Morgan fingerprint density at radius 3 is 2.69 bits per heavy atom. The van der Waals surface area contributed by atoms with E-state index in [-0.39, 0.29) is 5.91 Å². The van der Waals surface area contributed by atoms with Gasteiger partial charge < -0.3 is 10.1 Å². The van der Waals surface area contributed by atoms with Gasteiger partial charge in [0.25, 0.3) is 0 Å². The Kier molecular flexibility index (Phi) is 6.11. The molecule has 4 heteroatoms. The molecular formula is C12H16BrNO2. The van der Waals surface area contributed by atoms with Crippen molar-refractivity contribution in [2.45, 2.75) is 12.8 Å². The molecule has 0 bridgehead atoms. The molecule has 3 nitrogen and oxygen atoms in total. The van der Waals surface area contributed by atoms with Crippen LogP contribution in [-0.2, 0) is 16.0 Å². The molecule has 0 spiro atoms. The molecule has 0 saturated carbocycles. The van der Waals surface area contributed by atoms with Crippen molar-refractivity contribution in [2.75, 3.05) is 20.3 Å². The van der Waals surface area contributed by atoms with Crippen molar-refractivity contribution >= 4 is 21.8 Å². The van der Waals surface area contributed by atoms with Gasteiger partial charge in [0.15, 0.2) is 0 Å². The molecule has 0 aliphatic carbocycles. The van der Waals surface area contributed by atoms with Gasteiger partial charge in [0.1, 0.15) is 0 Å². The van der Waals surface area contributed by atoms with Crippen LogP contribution in [-0.4, -0.2) is 26.2 Å². The lowest BCUT2D eigenvalue weighted by molar-refractivity contribution is -0.120. The Morgan fingerprint density at radius 1 is 1.38 bits per heavy atom. The van der Waals surface area contributed by atoms with Gasteiger partial charge in [-0.25, -0.2) is 0 Å². The van der Waals surface area contributed by atoms with Gasteiger partial charge in [0.05, 0.1) is 6.42 Å². The normalized spacial score (nSPS) is 10.1. The first kappa shape index (κ1) is 13.2. The molecule has 0 saturated heterocycles. The lowest BCUT2D eigenvalue weighted by atomic mass is 10.1. The average molecular weight is 286 g/mol. The minimum atomic E-state index is 0.0541. The molecule has 0 fully saturated rings. The molecule has 0 heterocycles. The maximum atomic E-state index is 11.5. The first-order valence-corrected chi connectivity index (χ1v) is 6.02. The Labute approximate surface area is 104 Å². The fourth-order valence-electron chi connectivity index (χ4n) is 1.29. The van der Waals surface area contributed by atoms with Crippen LogP contribution in [0, 0.1) is 0 Å². The first-order valence-electron chi connectivity index (χ1n) is 5.22. The second kappa shape index (κ2) is 7.41. The van der Waals surface area contributed by atoms with E-state index in [1.807, 2.05) is 24.3 Å². The third kappa shape index (κ3) is 5.28. The predicted octanol–water partition coefficient (Wildman–Crippen LogP) is 2.14. The summed E-state index contributed by atoms with van der Waals surface area (Å²) in [5.74, 6) is 0.0541. The third-order valence-electron chi connectivity index (χ3n) is 2.13. The summed E-state index contributed by atoms with van der Waals surface area (Å²) < 4.78 is 5.92. The average Bonchev–Trinajstić information content (AvgIpc) is 2.28. The Morgan fingerprint density at radius 2 is 2.06 bits per heavy atom. The Hall–Kier alpha value is -0.870. The fourth-order valence-corrected chi connectivity index (χ4v) is 1.56. The number of carbonyl (C=O) groups excluding carboxylic acids is 1. The highest BCUT2D eigenvalue weighted by molar-refractivity contribution is 9.10. The summed E-state index contributed by atoms with van der Waals surface area (Å²) in [7, 11) is 1.66. The molecule has 1 aromatic carbocycles. The van der Waals surface area contributed by atoms with E-state index in [2.05, 4.69) is 21.2 Å². The van der Waals surface area contributed by atoms with Crippen molar-refractivity contribution in [3.05, 3.63) is 34.3 Å². The van der Waals surface area contributed by atoms with E-state index < -0.39 is 0 Å². The summed E-state index contributed by atoms with van der Waals surface area (Å²) in [6.45, 7) is 1.35. The van der Waals surface area contributed by atoms with Crippen LogP contribution < -0.4 is 5.32 Å². The van der Waals surface area contributed by atoms with E-state index in [1.54, 1.807) is 7.11 Å². The smallest absolute Gasteiger partial charge is 0.224 e. The van der Waals surface area contributed by atoms with Crippen molar-refractivity contribution in [3.8, 4) is 0 Å². The maximum absolute atomic E-state index is 11.5. The quantitative estimate of drug-likeness (QED) is 0.814. The van der Waals surface area contributed by atoms with E-state index in [1.165, 1.54) is 0 Å². The zero-order valence-corrected chi connectivity index (χ0v) is 10.9. The predicted molar refractivity (Wildman–Crippen MR) is 67.3 cm³/mol. The summed E-state index contributed by atoms with van der Waals surface area (Å²) in [6, 6.07) is 7.76. The molecule has 0 aromatic heterocycles. The Balaban J connectivity index is 2.26. The van der Waals surface area contributed by atoms with Gasteiger partial charge in [0.2, 0.25) is 5.91 Å². The van der Waals surface area contributed by atoms with Crippen LogP contribution in [0.3, 0.4) is 0 Å². The minimum Gasteiger partial charge on any atom is -0.385 e. The topological polar surface area (TPSA) is 38.3 Å². The summed E-state index contributed by atoms with van der Waals surface area (Å²) in [4.78, 5) is 11.5. The number of hydrogen-bond donors (Lipinski definition) is 1. The summed E-state index contributed by atoms with van der Waals surface area (Å²) >= 11 is 3.36. The SMILES string of the molecule is COCCCNC(=O)Cc1ccc(Br)cc1. The van der Waals surface area contributed by atoms with E-state index in [0.29, 0.717) is 19.6 Å². The van der Waals surface area contributed by atoms with Gasteiger partial charge >= 0.3 is 0 Å². The van der Waals surface area contributed by atoms with Crippen LogP contribution >= 0.6 is 15.9 Å². The maximum Gasteiger partial charge on any atom is 0.224 e. The standard InChI is InChI=1S/C12H16BrNO2/c1-16-8-2-7-14-12(15)9-10-3-5-11(13)6-4-10/h3-6H,2,7-9H2,1H3,(H,14,15). The van der Waals surface area contributed by atoms with E-state index in [4.69, 9.17) is 4.74 Å². The highest BCUT2D eigenvalue weighted by Gasteiger charge is 2.02. The van der Waals surface area contributed by atoms with Gasteiger partial charge in [-0.15, -0.1) is 0 Å². The summed E-state index contributed by atoms with van der Waals surface area (Å²) in [6.07, 6.45) is 1.28. The lowest BCUT2D eigenvalue weighted by Gasteiger charge is -2.04. The number of nitrogens with one attached hydrogen (secondary N) is 1. The van der Waals surface area contributed by atoms with Crippen molar-refractivity contribution in [3.63, 3.8) is 0 Å². The first-order chi connectivity index (χ1) is 7.72. The molecule has 0 unspecified atom stereocenters. The number of amides is 1. The highest BCUT2D eigenvalue weighted by Crippen LogP contribution is 2.10. The van der Waals surface area contributed by atoms with Gasteiger partial charge in [0, 0.05) is 24.7 Å². The highest BCUT2D eigenvalue weighted by atomic mass is 79.9.